The number of pyridine rings is 1. The molecule has 0 spiro atoms. The SMILES string of the molecule is Cc1ccc(CC(N)c2cccc3ccncc23)cc1C. The molecule has 0 aliphatic rings. The molecule has 2 heteroatoms. The lowest BCUT2D eigenvalue weighted by molar-refractivity contribution is 0.727. The maximum absolute atomic E-state index is 6.45. The van der Waals surface area contributed by atoms with Crippen LogP contribution in [0.5, 0.6) is 0 Å². The predicted molar refractivity (Wildman–Crippen MR) is 88.3 cm³/mol. The first-order valence-electron chi connectivity index (χ1n) is 7.29. The molecule has 0 bridgehead atoms. The highest BCUT2D eigenvalue weighted by Crippen LogP contribution is 2.25. The van der Waals surface area contributed by atoms with Crippen LogP contribution in [0.3, 0.4) is 0 Å². The fraction of sp³-hybridized carbons (Fsp3) is 0.211. The van der Waals surface area contributed by atoms with Crippen LogP contribution in [0.25, 0.3) is 10.8 Å². The van der Waals surface area contributed by atoms with Crippen molar-refractivity contribution in [1.29, 1.82) is 0 Å². The Bertz CT molecular complexity index is 772. The molecule has 0 aliphatic heterocycles. The third-order valence-corrected chi connectivity index (χ3v) is 4.14. The second kappa shape index (κ2) is 5.66. The van der Waals surface area contributed by atoms with Crippen LogP contribution < -0.4 is 5.73 Å². The summed E-state index contributed by atoms with van der Waals surface area (Å²) in [5, 5.41) is 2.34. The summed E-state index contributed by atoms with van der Waals surface area (Å²) in [6.45, 7) is 4.28. The minimum Gasteiger partial charge on any atom is -0.324 e. The van der Waals surface area contributed by atoms with Gasteiger partial charge in [0, 0.05) is 23.8 Å². The number of nitrogens with zero attached hydrogens (tertiary/aromatic N) is 1. The van der Waals surface area contributed by atoms with Gasteiger partial charge < -0.3 is 5.73 Å². The van der Waals surface area contributed by atoms with Gasteiger partial charge in [-0.1, -0.05) is 36.4 Å². The van der Waals surface area contributed by atoms with E-state index in [-0.39, 0.29) is 6.04 Å². The summed E-state index contributed by atoms with van der Waals surface area (Å²) in [5.41, 5.74) is 11.5. The quantitative estimate of drug-likeness (QED) is 0.782. The molecule has 0 aliphatic carbocycles. The van der Waals surface area contributed by atoms with E-state index >= 15 is 0 Å². The van der Waals surface area contributed by atoms with E-state index in [9.17, 15) is 0 Å². The number of benzene rings is 2. The number of aromatic nitrogens is 1. The molecule has 2 N–H and O–H groups in total. The summed E-state index contributed by atoms with van der Waals surface area (Å²) < 4.78 is 0. The van der Waals surface area contributed by atoms with Gasteiger partial charge in [0.1, 0.15) is 0 Å². The molecular weight excluding hydrogens is 256 g/mol. The van der Waals surface area contributed by atoms with E-state index in [1.54, 1.807) is 0 Å². The van der Waals surface area contributed by atoms with E-state index in [2.05, 4.69) is 55.2 Å². The van der Waals surface area contributed by atoms with Crippen LogP contribution in [0.4, 0.5) is 0 Å². The molecule has 3 rings (SSSR count). The molecule has 21 heavy (non-hydrogen) atoms. The monoisotopic (exact) mass is 276 g/mol. The third-order valence-electron chi connectivity index (χ3n) is 4.14. The number of hydrogen-bond donors (Lipinski definition) is 1. The molecule has 1 heterocycles. The topological polar surface area (TPSA) is 38.9 Å². The Morgan fingerprint density at radius 3 is 2.71 bits per heavy atom. The zero-order valence-electron chi connectivity index (χ0n) is 12.5. The van der Waals surface area contributed by atoms with Crippen molar-refractivity contribution >= 4 is 10.8 Å². The highest BCUT2D eigenvalue weighted by atomic mass is 14.6. The van der Waals surface area contributed by atoms with Gasteiger partial charge in [-0.2, -0.15) is 0 Å². The van der Waals surface area contributed by atoms with Gasteiger partial charge in [0.05, 0.1) is 0 Å². The highest BCUT2D eigenvalue weighted by Gasteiger charge is 2.11. The zero-order valence-corrected chi connectivity index (χ0v) is 12.5. The molecule has 106 valence electrons. The Hall–Kier alpha value is -2.19. The van der Waals surface area contributed by atoms with E-state index in [0.29, 0.717) is 0 Å². The van der Waals surface area contributed by atoms with Crippen LogP contribution in [-0.2, 0) is 6.42 Å². The summed E-state index contributed by atoms with van der Waals surface area (Å²) in [6, 6.07) is 14.9. The second-order valence-corrected chi connectivity index (χ2v) is 5.67. The van der Waals surface area contributed by atoms with Crippen molar-refractivity contribution in [3.05, 3.63) is 77.1 Å². The van der Waals surface area contributed by atoms with Gasteiger partial charge in [0.25, 0.3) is 0 Å². The number of fused-ring (bicyclic) bond motifs is 1. The van der Waals surface area contributed by atoms with Crippen LogP contribution in [0.15, 0.2) is 54.9 Å². The molecule has 0 amide bonds. The van der Waals surface area contributed by atoms with Crippen molar-refractivity contribution in [2.24, 2.45) is 5.73 Å². The molecule has 0 radical (unpaired) electrons. The van der Waals surface area contributed by atoms with Crippen molar-refractivity contribution < 1.29 is 0 Å². The Labute approximate surface area is 125 Å². The largest absolute Gasteiger partial charge is 0.324 e. The highest BCUT2D eigenvalue weighted by molar-refractivity contribution is 5.85. The third kappa shape index (κ3) is 2.81. The van der Waals surface area contributed by atoms with Gasteiger partial charge in [-0.05, 0) is 54.0 Å². The molecule has 1 aromatic heterocycles. The first kappa shape index (κ1) is 13.8. The Morgan fingerprint density at radius 2 is 1.90 bits per heavy atom. The average molecular weight is 276 g/mol. The van der Waals surface area contributed by atoms with Gasteiger partial charge in [-0.3, -0.25) is 4.98 Å². The van der Waals surface area contributed by atoms with Crippen molar-refractivity contribution in [3.8, 4) is 0 Å². The van der Waals surface area contributed by atoms with E-state index < -0.39 is 0 Å². The number of rotatable bonds is 3. The molecule has 1 atom stereocenters. The molecule has 3 aromatic rings. The minimum absolute atomic E-state index is 0.0139. The fourth-order valence-electron chi connectivity index (χ4n) is 2.75. The smallest absolute Gasteiger partial charge is 0.0349 e. The first-order valence-corrected chi connectivity index (χ1v) is 7.29. The normalized spacial score (nSPS) is 12.5. The lowest BCUT2D eigenvalue weighted by atomic mass is 9.94. The van der Waals surface area contributed by atoms with Crippen molar-refractivity contribution in [2.45, 2.75) is 26.3 Å². The molecule has 2 aromatic carbocycles. The lowest BCUT2D eigenvalue weighted by Crippen LogP contribution is -2.14. The molecule has 0 fully saturated rings. The summed E-state index contributed by atoms with van der Waals surface area (Å²) in [7, 11) is 0. The van der Waals surface area contributed by atoms with E-state index in [1.165, 1.54) is 27.6 Å². The van der Waals surface area contributed by atoms with Crippen LogP contribution in [0, 0.1) is 13.8 Å². The van der Waals surface area contributed by atoms with Gasteiger partial charge in [-0.15, -0.1) is 0 Å². The number of nitrogens with two attached hydrogens (primary N) is 1. The Kier molecular flexibility index (Phi) is 3.72. The van der Waals surface area contributed by atoms with Gasteiger partial charge in [0.2, 0.25) is 0 Å². The fourth-order valence-corrected chi connectivity index (χ4v) is 2.75. The Morgan fingerprint density at radius 1 is 1.05 bits per heavy atom. The standard InChI is InChI=1S/C19H20N2/c1-13-6-7-15(10-14(13)2)11-19(20)17-5-3-4-16-8-9-21-12-18(16)17/h3-10,12,19H,11,20H2,1-2H3. The molecule has 0 saturated heterocycles. The summed E-state index contributed by atoms with van der Waals surface area (Å²) in [4.78, 5) is 4.23. The van der Waals surface area contributed by atoms with Crippen molar-refractivity contribution in [3.63, 3.8) is 0 Å². The van der Waals surface area contributed by atoms with E-state index in [4.69, 9.17) is 5.73 Å². The summed E-state index contributed by atoms with van der Waals surface area (Å²) in [6.07, 6.45) is 4.57. The minimum atomic E-state index is -0.0139. The number of hydrogen-bond acceptors (Lipinski definition) is 2. The second-order valence-electron chi connectivity index (χ2n) is 5.67. The maximum atomic E-state index is 6.45. The predicted octanol–water partition coefficient (Wildman–Crippen LogP) is 4.09. The van der Waals surface area contributed by atoms with E-state index in [1.807, 2.05) is 18.5 Å². The molecular formula is C19H20N2. The van der Waals surface area contributed by atoms with Gasteiger partial charge in [0.15, 0.2) is 0 Å². The maximum Gasteiger partial charge on any atom is 0.0349 e. The van der Waals surface area contributed by atoms with Crippen LogP contribution in [0.2, 0.25) is 0 Å². The average Bonchev–Trinajstić information content (AvgIpc) is 2.50. The molecule has 1 unspecified atom stereocenters. The molecule has 0 saturated carbocycles. The summed E-state index contributed by atoms with van der Waals surface area (Å²) >= 11 is 0. The van der Waals surface area contributed by atoms with Crippen molar-refractivity contribution in [1.82, 2.24) is 4.98 Å². The Balaban J connectivity index is 1.93. The summed E-state index contributed by atoms with van der Waals surface area (Å²) in [5.74, 6) is 0. The lowest BCUT2D eigenvalue weighted by Gasteiger charge is -2.15. The molecule has 2 nitrogen and oxygen atoms in total. The van der Waals surface area contributed by atoms with Crippen molar-refractivity contribution in [2.75, 3.05) is 0 Å². The van der Waals surface area contributed by atoms with Gasteiger partial charge in [-0.25, -0.2) is 0 Å². The number of aryl methyl sites for hydroxylation is 2. The van der Waals surface area contributed by atoms with Crippen LogP contribution in [0.1, 0.15) is 28.3 Å². The van der Waals surface area contributed by atoms with Crippen LogP contribution >= 0.6 is 0 Å². The van der Waals surface area contributed by atoms with E-state index in [0.717, 1.165) is 11.8 Å². The van der Waals surface area contributed by atoms with Crippen LogP contribution in [-0.4, -0.2) is 4.98 Å². The van der Waals surface area contributed by atoms with Gasteiger partial charge >= 0.3 is 0 Å². The zero-order chi connectivity index (χ0) is 14.8. The first-order chi connectivity index (χ1) is 10.1.